The van der Waals surface area contributed by atoms with E-state index >= 15 is 0 Å². The number of nitrogens with two attached hydrogens (primary N) is 1. The van der Waals surface area contributed by atoms with Crippen LogP contribution in [0.15, 0.2) is 22.7 Å². The normalized spacial score (nSPS) is 20.6. The highest BCUT2D eigenvalue weighted by Gasteiger charge is 2.18. The molecule has 1 aromatic carbocycles. The zero-order chi connectivity index (χ0) is 14.5. The molecule has 2 unspecified atom stereocenters. The Morgan fingerprint density at radius 2 is 2.35 bits per heavy atom. The fraction of sp³-hybridized carbons (Fsp3) is 0.600. The van der Waals surface area contributed by atoms with Crippen LogP contribution in [0.25, 0.3) is 0 Å². The van der Waals surface area contributed by atoms with Crippen molar-refractivity contribution < 1.29 is 4.74 Å². The second-order valence-electron chi connectivity index (χ2n) is 5.46. The van der Waals surface area contributed by atoms with E-state index < -0.39 is 0 Å². The van der Waals surface area contributed by atoms with Crippen molar-refractivity contribution >= 4 is 27.5 Å². The molecule has 5 heteroatoms. The standard InChI is InChI=1S/C15H22BrClN2O/c1-19(10-12-3-2-8-20-12)7-6-15(18)13-5-4-11(16)9-14(13)17/h4-5,9,12,15H,2-3,6-8,10,18H2,1H3. The van der Waals surface area contributed by atoms with E-state index in [0.717, 1.165) is 41.2 Å². The number of likely N-dealkylation sites (N-methyl/N-ethyl adjacent to an activating group) is 1. The molecule has 2 rings (SSSR count). The molecular weight excluding hydrogens is 340 g/mol. The zero-order valence-electron chi connectivity index (χ0n) is 11.8. The van der Waals surface area contributed by atoms with Gasteiger partial charge in [-0.25, -0.2) is 0 Å². The van der Waals surface area contributed by atoms with Gasteiger partial charge >= 0.3 is 0 Å². The van der Waals surface area contributed by atoms with Crippen molar-refractivity contribution in [1.29, 1.82) is 0 Å². The van der Waals surface area contributed by atoms with Crippen LogP contribution in [-0.4, -0.2) is 37.7 Å². The molecule has 2 atom stereocenters. The smallest absolute Gasteiger partial charge is 0.0702 e. The number of hydrogen-bond donors (Lipinski definition) is 1. The third-order valence-corrected chi connectivity index (χ3v) is 4.54. The number of nitrogens with zero attached hydrogens (tertiary/aromatic N) is 1. The summed E-state index contributed by atoms with van der Waals surface area (Å²) in [4.78, 5) is 2.29. The van der Waals surface area contributed by atoms with E-state index in [1.165, 1.54) is 12.8 Å². The Balaban J connectivity index is 1.80. The molecular formula is C15H22BrClN2O. The van der Waals surface area contributed by atoms with Crippen molar-refractivity contribution in [3.05, 3.63) is 33.3 Å². The lowest BCUT2D eigenvalue weighted by Gasteiger charge is -2.22. The molecule has 0 aromatic heterocycles. The first-order chi connectivity index (χ1) is 9.56. The van der Waals surface area contributed by atoms with Gasteiger partial charge in [-0.05, 0) is 50.6 Å². The van der Waals surface area contributed by atoms with Crippen molar-refractivity contribution in [1.82, 2.24) is 4.90 Å². The molecule has 0 aliphatic carbocycles. The van der Waals surface area contributed by atoms with Gasteiger partial charge in [-0.2, -0.15) is 0 Å². The Labute approximate surface area is 134 Å². The van der Waals surface area contributed by atoms with Gasteiger partial charge in [-0.3, -0.25) is 0 Å². The summed E-state index contributed by atoms with van der Waals surface area (Å²) in [5, 5.41) is 0.730. The maximum atomic E-state index is 6.24. The Morgan fingerprint density at radius 1 is 1.55 bits per heavy atom. The van der Waals surface area contributed by atoms with Crippen molar-refractivity contribution in [3.8, 4) is 0 Å². The third kappa shape index (κ3) is 4.71. The van der Waals surface area contributed by atoms with Crippen LogP contribution in [0.1, 0.15) is 30.9 Å². The molecule has 1 fully saturated rings. The lowest BCUT2D eigenvalue weighted by molar-refractivity contribution is 0.0804. The van der Waals surface area contributed by atoms with Gasteiger partial charge in [0, 0.05) is 28.7 Å². The topological polar surface area (TPSA) is 38.5 Å². The van der Waals surface area contributed by atoms with Crippen LogP contribution < -0.4 is 5.73 Å². The van der Waals surface area contributed by atoms with Crippen LogP contribution in [0.4, 0.5) is 0 Å². The fourth-order valence-corrected chi connectivity index (χ4v) is 3.36. The molecule has 1 aromatic rings. The van der Waals surface area contributed by atoms with Gasteiger partial charge in [0.05, 0.1) is 6.10 Å². The lowest BCUT2D eigenvalue weighted by atomic mass is 10.0. The maximum Gasteiger partial charge on any atom is 0.0702 e. The van der Waals surface area contributed by atoms with Gasteiger partial charge in [0.15, 0.2) is 0 Å². The highest BCUT2D eigenvalue weighted by molar-refractivity contribution is 9.10. The summed E-state index contributed by atoms with van der Waals surface area (Å²) in [6, 6.07) is 5.85. The third-order valence-electron chi connectivity index (χ3n) is 3.72. The minimum Gasteiger partial charge on any atom is -0.377 e. The largest absolute Gasteiger partial charge is 0.377 e. The minimum atomic E-state index is -0.0254. The van der Waals surface area contributed by atoms with Gasteiger partial charge in [0.1, 0.15) is 0 Å². The highest BCUT2D eigenvalue weighted by atomic mass is 79.9. The van der Waals surface area contributed by atoms with Gasteiger partial charge in [-0.15, -0.1) is 0 Å². The van der Waals surface area contributed by atoms with E-state index in [0.29, 0.717) is 6.10 Å². The number of rotatable bonds is 6. The molecule has 1 heterocycles. The second kappa shape index (κ2) is 7.76. The second-order valence-corrected chi connectivity index (χ2v) is 6.78. The summed E-state index contributed by atoms with van der Waals surface area (Å²) < 4.78 is 6.63. The average molecular weight is 362 g/mol. The predicted molar refractivity (Wildman–Crippen MR) is 87.2 cm³/mol. The molecule has 2 N–H and O–H groups in total. The molecule has 0 amide bonds. The number of ether oxygens (including phenoxy) is 1. The Kier molecular flexibility index (Phi) is 6.30. The van der Waals surface area contributed by atoms with Crippen molar-refractivity contribution in [2.24, 2.45) is 5.73 Å². The van der Waals surface area contributed by atoms with Gasteiger partial charge < -0.3 is 15.4 Å². The van der Waals surface area contributed by atoms with Crippen LogP contribution in [0.3, 0.4) is 0 Å². The Bertz CT molecular complexity index is 438. The lowest BCUT2D eigenvalue weighted by Crippen LogP contribution is -2.31. The summed E-state index contributed by atoms with van der Waals surface area (Å²) in [7, 11) is 2.12. The number of hydrogen-bond acceptors (Lipinski definition) is 3. The molecule has 0 saturated carbocycles. The van der Waals surface area contributed by atoms with Gasteiger partial charge in [-0.1, -0.05) is 33.6 Å². The van der Waals surface area contributed by atoms with E-state index in [-0.39, 0.29) is 6.04 Å². The van der Waals surface area contributed by atoms with Crippen molar-refractivity contribution in [2.75, 3.05) is 26.7 Å². The summed E-state index contributed by atoms with van der Waals surface area (Å²) in [6.45, 7) is 2.85. The van der Waals surface area contributed by atoms with Gasteiger partial charge in [0.2, 0.25) is 0 Å². The molecule has 20 heavy (non-hydrogen) atoms. The quantitative estimate of drug-likeness (QED) is 0.841. The summed E-state index contributed by atoms with van der Waals surface area (Å²) >= 11 is 9.64. The molecule has 0 bridgehead atoms. The number of benzene rings is 1. The Morgan fingerprint density at radius 3 is 3.00 bits per heavy atom. The van der Waals surface area contributed by atoms with Crippen LogP contribution in [0, 0.1) is 0 Å². The Hall–Kier alpha value is -0.130. The fourth-order valence-electron chi connectivity index (χ4n) is 2.54. The van der Waals surface area contributed by atoms with Crippen molar-refractivity contribution in [2.45, 2.75) is 31.4 Å². The molecule has 1 saturated heterocycles. The minimum absolute atomic E-state index is 0.0254. The van der Waals surface area contributed by atoms with Crippen LogP contribution in [0.5, 0.6) is 0 Å². The first-order valence-electron chi connectivity index (χ1n) is 7.07. The summed E-state index contributed by atoms with van der Waals surface area (Å²) in [6.07, 6.45) is 3.65. The average Bonchev–Trinajstić information content (AvgIpc) is 2.89. The van der Waals surface area contributed by atoms with E-state index in [2.05, 4.69) is 27.9 Å². The van der Waals surface area contributed by atoms with Crippen LogP contribution in [0.2, 0.25) is 5.02 Å². The van der Waals surface area contributed by atoms with Crippen LogP contribution in [-0.2, 0) is 4.74 Å². The summed E-state index contributed by atoms with van der Waals surface area (Å²) in [5.41, 5.74) is 7.26. The molecule has 1 aliphatic heterocycles. The monoisotopic (exact) mass is 360 g/mol. The molecule has 0 radical (unpaired) electrons. The SMILES string of the molecule is CN(CCC(N)c1ccc(Br)cc1Cl)CC1CCCO1. The highest BCUT2D eigenvalue weighted by Crippen LogP contribution is 2.27. The molecule has 0 spiro atoms. The first-order valence-corrected chi connectivity index (χ1v) is 8.24. The molecule has 1 aliphatic rings. The predicted octanol–water partition coefficient (Wildman–Crippen LogP) is 3.60. The first kappa shape index (κ1) is 16.2. The molecule has 112 valence electrons. The van der Waals surface area contributed by atoms with Gasteiger partial charge in [0.25, 0.3) is 0 Å². The van der Waals surface area contributed by atoms with E-state index in [1.807, 2.05) is 18.2 Å². The zero-order valence-corrected chi connectivity index (χ0v) is 14.2. The van der Waals surface area contributed by atoms with E-state index in [1.54, 1.807) is 0 Å². The van der Waals surface area contributed by atoms with Crippen LogP contribution >= 0.6 is 27.5 Å². The summed E-state index contributed by atoms with van der Waals surface area (Å²) in [5.74, 6) is 0. The maximum absolute atomic E-state index is 6.24. The van der Waals surface area contributed by atoms with Crippen molar-refractivity contribution in [3.63, 3.8) is 0 Å². The van der Waals surface area contributed by atoms with E-state index in [9.17, 15) is 0 Å². The molecule has 3 nitrogen and oxygen atoms in total. The number of halogens is 2. The van der Waals surface area contributed by atoms with E-state index in [4.69, 9.17) is 22.1 Å².